The maximum absolute atomic E-state index is 15.4. The number of primary amides is 1. The minimum Gasteiger partial charge on any atom is -0.508 e. The van der Waals surface area contributed by atoms with Gasteiger partial charge in [-0.3, -0.25) is 57.5 Å². The minimum absolute atomic E-state index is 0.0198. The van der Waals surface area contributed by atoms with E-state index in [9.17, 15) is 53.4 Å². The number of carbonyl (C=O) groups is 12. The van der Waals surface area contributed by atoms with Gasteiger partial charge in [-0.15, -0.1) is 0 Å². The third kappa shape index (κ3) is 34.0. The minimum atomic E-state index is -1.25. The third-order valence-electron chi connectivity index (χ3n) is 24.9. The maximum atomic E-state index is 15.4. The molecular formula is C106H132N14O16S2. The molecule has 138 heavy (non-hydrogen) atoms. The number of nitrogens with zero attached hydrogens (tertiary/aromatic N) is 4. The summed E-state index contributed by atoms with van der Waals surface area (Å²) in [5.74, 6) is -5.81. The lowest BCUT2D eigenvalue weighted by molar-refractivity contribution is -0.139. The average molecular weight is 1920 g/mol. The van der Waals surface area contributed by atoms with Crippen molar-refractivity contribution in [3.63, 3.8) is 0 Å². The highest BCUT2D eigenvalue weighted by Gasteiger charge is 2.34. The van der Waals surface area contributed by atoms with Gasteiger partial charge in [-0.1, -0.05) is 188 Å². The second-order valence-corrected chi connectivity index (χ2v) is 38.6. The number of hydrogen-bond donors (Lipinski definition) is 12. The Morgan fingerprint density at radius 2 is 1.20 bits per heavy atom. The van der Waals surface area contributed by atoms with E-state index in [1.807, 2.05) is 143 Å². The lowest BCUT2D eigenvalue weighted by Gasteiger charge is -2.33. The van der Waals surface area contributed by atoms with Gasteiger partial charge in [0.05, 0.1) is 44.2 Å². The first-order chi connectivity index (χ1) is 66.4. The summed E-state index contributed by atoms with van der Waals surface area (Å²) >= 11 is 7.03. The molecule has 32 heteroatoms. The molecule has 0 radical (unpaired) electrons. The Hall–Kier alpha value is -13.1. The van der Waals surface area contributed by atoms with Crippen molar-refractivity contribution in [2.45, 2.75) is 198 Å². The molecular weight excluding hydrogens is 1790 g/mol. The number of carboxylic acids is 1. The molecule has 5 aliphatic rings. The summed E-state index contributed by atoms with van der Waals surface area (Å²) in [6.07, 6.45) is 9.37. The number of benzene rings is 8. The Bertz CT molecular complexity index is 5700. The van der Waals surface area contributed by atoms with Crippen LogP contribution in [0.25, 0.3) is 44.2 Å². The molecule has 5 atom stereocenters. The topological polar surface area (TPSA) is 437 Å². The van der Waals surface area contributed by atoms with Gasteiger partial charge < -0.3 is 88.2 Å². The van der Waals surface area contributed by atoms with Crippen LogP contribution in [0.1, 0.15) is 186 Å². The number of hydrogen-bond acceptors (Lipinski definition) is 18. The molecule has 1 saturated carbocycles. The number of unbranched alkanes of at least 4 members (excludes halogenated alkanes) is 2. The van der Waals surface area contributed by atoms with E-state index in [4.69, 9.17) is 28.1 Å². The first-order valence-electron chi connectivity index (χ1n) is 48.1. The van der Waals surface area contributed by atoms with Crippen LogP contribution in [0.4, 0.5) is 5.69 Å². The summed E-state index contributed by atoms with van der Waals surface area (Å²) < 4.78 is 5.97. The van der Waals surface area contributed by atoms with Crippen LogP contribution in [0.15, 0.2) is 191 Å². The standard InChI is InChI=1S/C106H132N14O16S2/c1-69(2)52-81-61-118(64-94(124)109-50-46-93(123)116-90(103(108)132)29-17-19-49-110-106(137)115-79-38-41-86(89(57-79)105(134)135)102-87-42-39-84(121)58-91(87)136-92-59-85(122)40-43-88(92)102)100(130)47-51-138-68-74-30-36-77(37-31-74)104(133)114-80(28-16-18-48-107)60-117(98(128)44-33-71-20-8-5-9-21-71)65-95(125)111-82(53-70(3)4)62-119(99(129)45-34-72-22-10-6-11-23-72)66-96(126)113-83(55-73-24-12-7-13-25-73)63-120(67-97(127)112-81)101(131)56-75-32-35-76-26-14-15-27-78(76)54-75/h5,7-9,12-15,20-21,24-27,30-32,35-43,54,57-59,69-70,72,80-83,90,121H,6,10-11,16-19,22-23,28-29,33-34,44-53,55-56,60-68,107H2,1-4H3,(H2,108,132)(H,109,124)(H,111,125)(H,112,127)(H,113,126)(H,114,133)(H,116,123)(H,134,135)(H2,110,115,137)/t80-,81-,82-,83-,90-/m0/s1. The van der Waals surface area contributed by atoms with Gasteiger partial charge in [-0.2, -0.15) is 11.8 Å². The van der Waals surface area contributed by atoms with E-state index in [1.165, 1.54) is 61.7 Å². The number of aryl methyl sites for hydroxylation is 1. The highest BCUT2D eigenvalue weighted by Crippen LogP contribution is 2.43. The summed E-state index contributed by atoms with van der Waals surface area (Å²) in [4.78, 5) is 192. The molecule has 2 bridgehead atoms. The number of anilines is 1. The molecule has 0 saturated heterocycles. The van der Waals surface area contributed by atoms with Gasteiger partial charge in [-0.05, 0) is 188 Å². The Kier molecular flexibility index (Phi) is 40.9. The van der Waals surface area contributed by atoms with Gasteiger partial charge >= 0.3 is 5.97 Å². The van der Waals surface area contributed by atoms with Crippen molar-refractivity contribution in [1.82, 2.24) is 56.8 Å². The zero-order chi connectivity index (χ0) is 98.6. The van der Waals surface area contributed by atoms with Crippen molar-refractivity contribution < 1.29 is 72.2 Å². The van der Waals surface area contributed by atoms with Crippen LogP contribution >= 0.6 is 24.0 Å². The second-order valence-electron chi connectivity index (χ2n) is 37.1. The molecule has 1 fully saturated rings. The number of nitrogens with two attached hydrogens (primary N) is 2. The number of fused-ring (bicyclic) bond motifs is 32. The SMILES string of the molecule is CC(C)C[C@H]1CN(CC(=O)NCCC(=O)N[C@@H](CCCCNC(=S)Nc2ccc(-c3c4ccc(=O)cc-4oc4cc(O)ccc34)c(C(=O)O)c2)C(N)=O)C(=O)CCSCc2ccc(cc2)C(=O)N[C@@H](CCCCN)CN(C(=O)CCc2ccccc2)CC(=O)N[C@@H](CC(C)C)CN(C(=O)CCC2CCCCC2)CC(=O)N[C@@H](Cc2ccccc2)CN(C(=O)Cc2ccc3ccccc3c2)CC(=O)N1. The van der Waals surface area contributed by atoms with E-state index in [2.05, 4.69) is 42.5 Å². The molecule has 30 nitrogen and oxygen atoms in total. The normalized spacial score (nSPS) is 17.2. The molecule has 2 aliphatic carbocycles. The number of rotatable bonds is 33. The molecule has 11 amide bonds. The summed E-state index contributed by atoms with van der Waals surface area (Å²) in [6.45, 7) is 6.08. The average Bonchev–Trinajstić information content (AvgIpc) is 0.745. The number of aromatic hydroxyl groups is 1. The molecule has 12 rings (SSSR count). The maximum Gasteiger partial charge on any atom is 0.336 e. The number of phenols is 1. The fraction of sp³-hybridized carbons (Fsp3) is 0.434. The quantitative estimate of drug-likeness (QED) is 0.00786. The molecule has 14 N–H and O–H groups in total. The molecule has 0 spiro atoms. The fourth-order valence-electron chi connectivity index (χ4n) is 18.0. The molecule has 7 aromatic carbocycles. The summed E-state index contributed by atoms with van der Waals surface area (Å²) in [7, 11) is 0. The second kappa shape index (κ2) is 53.6. The lowest BCUT2D eigenvalue weighted by atomic mass is 9.86. The van der Waals surface area contributed by atoms with Crippen LogP contribution in [-0.2, 0) is 73.0 Å². The number of phenolic OH excluding ortho intramolecular Hbond substituents is 1. The first-order valence-corrected chi connectivity index (χ1v) is 49.7. The molecule has 3 aliphatic heterocycles. The van der Waals surface area contributed by atoms with E-state index < -0.39 is 109 Å². The van der Waals surface area contributed by atoms with Gasteiger partial charge in [0.15, 0.2) is 10.5 Å². The van der Waals surface area contributed by atoms with E-state index >= 15 is 19.2 Å². The van der Waals surface area contributed by atoms with E-state index in [0.717, 1.165) is 59.6 Å². The Labute approximate surface area is 816 Å². The van der Waals surface area contributed by atoms with Gasteiger partial charge in [0.2, 0.25) is 59.1 Å². The monoisotopic (exact) mass is 1920 g/mol. The van der Waals surface area contributed by atoms with Gasteiger partial charge in [0.25, 0.3) is 5.91 Å². The van der Waals surface area contributed by atoms with Crippen molar-refractivity contribution in [1.29, 1.82) is 0 Å². The molecule has 7 aromatic rings. The van der Waals surface area contributed by atoms with Crippen LogP contribution < -0.4 is 59.4 Å². The van der Waals surface area contributed by atoms with Crippen LogP contribution in [-0.4, -0.2) is 214 Å². The van der Waals surface area contributed by atoms with Crippen molar-refractivity contribution in [2.24, 2.45) is 29.2 Å². The summed E-state index contributed by atoms with van der Waals surface area (Å²) in [5.41, 5.74) is 16.9. The van der Waals surface area contributed by atoms with Crippen LogP contribution in [0.5, 0.6) is 5.75 Å². The number of nitrogens with one attached hydrogen (secondary N) is 8. The van der Waals surface area contributed by atoms with Crippen LogP contribution in [0, 0.1) is 17.8 Å². The van der Waals surface area contributed by atoms with Crippen LogP contribution in [0.2, 0.25) is 0 Å². The Morgan fingerprint density at radius 3 is 1.88 bits per heavy atom. The predicted octanol–water partition coefficient (Wildman–Crippen LogP) is 12.0. The van der Waals surface area contributed by atoms with Crippen molar-refractivity contribution in [3.8, 4) is 28.2 Å². The first kappa shape index (κ1) is 105. The Balaban J connectivity index is 0.812. The van der Waals surface area contributed by atoms with E-state index in [1.54, 1.807) is 36.4 Å². The molecule has 3 heterocycles. The van der Waals surface area contributed by atoms with Crippen LogP contribution in [0.3, 0.4) is 0 Å². The predicted molar refractivity (Wildman–Crippen MR) is 541 cm³/mol. The highest BCUT2D eigenvalue weighted by molar-refractivity contribution is 7.98. The van der Waals surface area contributed by atoms with E-state index in [0.29, 0.717) is 121 Å². The van der Waals surface area contributed by atoms with E-state index in [-0.39, 0.29) is 147 Å². The molecule has 0 aromatic heterocycles. The Morgan fingerprint density at radius 1 is 0.572 bits per heavy atom. The number of amides is 11. The highest BCUT2D eigenvalue weighted by atomic mass is 32.2. The van der Waals surface area contributed by atoms with Crippen molar-refractivity contribution in [2.75, 3.05) is 83.1 Å². The summed E-state index contributed by atoms with van der Waals surface area (Å²) in [5, 5.41) is 47.6. The number of thiocarbonyl (C=S) groups is 1. The largest absolute Gasteiger partial charge is 0.508 e. The molecule has 0 unspecified atom stereocenters. The third-order valence-corrected chi connectivity index (χ3v) is 26.2. The number of thioether (sulfide) groups is 1. The van der Waals surface area contributed by atoms with Gasteiger partial charge in [-0.25, -0.2) is 4.79 Å². The van der Waals surface area contributed by atoms with Crippen molar-refractivity contribution >= 4 is 127 Å². The van der Waals surface area contributed by atoms with Gasteiger partial charge in [0, 0.05) is 134 Å². The zero-order valence-corrected chi connectivity index (χ0v) is 81.0. The zero-order valence-electron chi connectivity index (χ0n) is 79.4. The molecule has 734 valence electrons. The van der Waals surface area contributed by atoms with Crippen molar-refractivity contribution in [3.05, 3.63) is 226 Å². The lowest BCUT2D eigenvalue weighted by Crippen LogP contribution is -2.55. The number of carbonyl (C=O) groups excluding carboxylic acids is 11. The summed E-state index contributed by atoms with van der Waals surface area (Å²) in [6, 6.07) is 48.6. The number of aromatic carboxylic acids is 1. The fourth-order valence-corrected chi connectivity index (χ4v) is 19.1. The number of carboxylic acid groups (broad SMARTS) is 1. The van der Waals surface area contributed by atoms with Gasteiger partial charge in [0.1, 0.15) is 23.1 Å². The smallest absolute Gasteiger partial charge is 0.336 e.